The summed E-state index contributed by atoms with van der Waals surface area (Å²) in [7, 11) is -3.20. The number of aryl methyl sites for hydroxylation is 1. The van der Waals surface area contributed by atoms with Crippen LogP contribution in [-0.4, -0.2) is 33.8 Å². The summed E-state index contributed by atoms with van der Waals surface area (Å²) in [4.78, 5) is 0. The summed E-state index contributed by atoms with van der Waals surface area (Å²) in [6, 6.07) is 5.83. The number of sulfonamides is 1. The van der Waals surface area contributed by atoms with Crippen LogP contribution in [0.25, 0.3) is 0 Å². The van der Waals surface area contributed by atoms with Gasteiger partial charge in [0.1, 0.15) is 0 Å². The topological polar surface area (TPSA) is 49.4 Å². The lowest BCUT2D eigenvalue weighted by molar-refractivity contribution is 0.572. The number of nitrogens with zero attached hydrogens (tertiary/aromatic N) is 1. The fourth-order valence-electron chi connectivity index (χ4n) is 2.20. The molecule has 0 bridgehead atoms. The first-order valence-corrected chi connectivity index (χ1v) is 7.90. The molecular formula is C13H20N2O2S. The van der Waals surface area contributed by atoms with Gasteiger partial charge in [-0.05, 0) is 44.0 Å². The smallest absolute Gasteiger partial charge is 0.236 e. The van der Waals surface area contributed by atoms with Gasteiger partial charge in [-0.15, -0.1) is 0 Å². The van der Waals surface area contributed by atoms with Gasteiger partial charge in [0, 0.05) is 13.1 Å². The Morgan fingerprint density at radius 3 is 2.78 bits per heavy atom. The summed E-state index contributed by atoms with van der Waals surface area (Å²) in [6.45, 7) is 5.95. The fraction of sp³-hybridized carbons (Fsp3) is 0.538. The molecule has 1 aliphatic heterocycles. The van der Waals surface area contributed by atoms with Crippen LogP contribution in [0.3, 0.4) is 0 Å². The van der Waals surface area contributed by atoms with Crippen LogP contribution in [0.4, 0.5) is 5.69 Å². The van der Waals surface area contributed by atoms with E-state index in [1.54, 1.807) is 4.31 Å². The number of hydrogen-bond acceptors (Lipinski definition) is 3. The SMILES string of the molecule is Cc1cccc(N2CCCNCCS2(=O)=O)c1C. The van der Waals surface area contributed by atoms with E-state index < -0.39 is 10.0 Å². The average molecular weight is 268 g/mol. The summed E-state index contributed by atoms with van der Waals surface area (Å²) in [5.74, 6) is 0.167. The van der Waals surface area contributed by atoms with E-state index in [0.717, 1.165) is 29.8 Å². The van der Waals surface area contributed by atoms with Crippen molar-refractivity contribution in [3.8, 4) is 0 Å². The van der Waals surface area contributed by atoms with Crippen molar-refractivity contribution in [2.75, 3.05) is 29.7 Å². The van der Waals surface area contributed by atoms with Crippen LogP contribution in [0.1, 0.15) is 17.5 Å². The molecule has 0 radical (unpaired) electrons. The van der Waals surface area contributed by atoms with Crippen molar-refractivity contribution < 1.29 is 8.42 Å². The molecule has 0 aromatic heterocycles. The Bertz CT molecular complexity index is 526. The second-order valence-electron chi connectivity index (χ2n) is 4.71. The van der Waals surface area contributed by atoms with Crippen molar-refractivity contribution >= 4 is 15.7 Å². The van der Waals surface area contributed by atoms with Gasteiger partial charge in [-0.1, -0.05) is 12.1 Å². The summed E-state index contributed by atoms with van der Waals surface area (Å²) in [5, 5.41) is 3.14. The molecule has 0 unspecified atom stereocenters. The molecule has 18 heavy (non-hydrogen) atoms. The maximum absolute atomic E-state index is 12.3. The second kappa shape index (κ2) is 5.28. The van der Waals surface area contributed by atoms with Gasteiger partial charge in [-0.2, -0.15) is 0 Å². The normalized spacial score (nSPS) is 20.2. The van der Waals surface area contributed by atoms with Crippen molar-refractivity contribution in [1.82, 2.24) is 5.32 Å². The maximum Gasteiger partial charge on any atom is 0.236 e. The van der Waals surface area contributed by atoms with Crippen molar-refractivity contribution in [1.29, 1.82) is 0 Å². The van der Waals surface area contributed by atoms with Crippen molar-refractivity contribution in [3.05, 3.63) is 29.3 Å². The van der Waals surface area contributed by atoms with Crippen LogP contribution in [0.15, 0.2) is 18.2 Å². The average Bonchev–Trinajstić information content (AvgIpc) is 2.30. The summed E-state index contributed by atoms with van der Waals surface area (Å²) < 4.78 is 26.2. The lowest BCUT2D eigenvalue weighted by Crippen LogP contribution is -2.41. The zero-order valence-corrected chi connectivity index (χ0v) is 11.8. The first-order valence-electron chi connectivity index (χ1n) is 6.30. The van der Waals surface area contributed by atoms with Crippen LogP contribution >= 0.6 is 0 Å². The molecule has 1 N–H and O–H groups in total. The van der Waals surface area contributed by atoms with Gasteiger partial charge in [0.05, 0.1) is 11.4 Å². The van der Waals surface area contributed by atoms with Crippen LogP contribution in [0.5, 0.6) is 0 Å². The highest BCUT2D eigenvalue weighted by atomic mass is 32.2. The van der Waals surface area contributed by atoms with E-state index in [1.807, 2.05) is 32.0 Å². The number of hydrogen-bond donors (Lipinski definition) is 1. The number of rotatable bonds is 1. The van der Waals surface area contributed by atoms with Gasteiger partial charge in [0.15, 0.2) is 0 Å². The van der Waals surface area contributed by atoms with Crippen LogP contribution in [-0.2, 0) is 10.0 Å². The predicted molar refractivity (Wildman–Crippen MR) is 74.5 cm³/mol. The lowest BCUT2D eigenvalue weighted by atomic mass is 10.1. The summed E-state index contributed by atoms with van der Waals surface area (Å²) in [6.07, 6.45) is 0.840. The highest BCUT2D eigenvalue weighted by molar-refractivity contribution is 7.92. The third-order valence-corrected chi connectivity index (χ3v) is 5.20. The largest absolute Gasteiger partial charge is 0.316 e. The van der Waals surface area contributed by atoms with E-state index in [0.29, 0.717) is 13.1 Å². The maximum atomic E-state index is 12.3. The highest BCUT2D eigenvalue weighted by Gasteiger charge is 2.24. The van der Waals surface area contributed by atoms with E-state index in [2.05, 4.69) is 5.32 Å². The zero-order valence-electron chi connectivity index (χ0n) is 10.9. The molecule has 2 rings (SSSR count). The standard InChI is InChI=1S/C13H20N2O2S/c1-11-5-3-6-13(12(11)2)15-9-4-7-14-8-10-18(15,16)17/h3,5-6,14H,4,7-10H2,1-2H3. The van der Waals surface area contributed by atoms with Gasteiger partial charge in [-0.25, -0.2) is 8.42 Å². The Morgan fingerprint density at radius 2 is 2.00 bits per heavy atom. The minimum absolute atomic E-state index is 0.167. The Labute approximate surface area is 109 Å². The Kier molecular flexibility index (Phi) is 3.92. The molecule has 0 saturated carbocycles. The van der Waals surface area contributed by atoms with Crippen molar-refractivity contribution in [3.63, 3.8) is 0 Å². The molecule has 100 valence electrons. The number of nitrogens with one attached hydrogen (secondary N) is 1. The molecule has 5 heteroatoms. The Morgan fingerprint density at radius 1 is 1.22 bits per heavy atom. The van der Waals surface area contributed by atoms with Crippen LogP contribution in [0, 0.1) is 13.8 Å². The molecule has 1 aromatic rings. The van der Waals surface area contributed by atoms with Gasteiger partial charge in [0.25, 0.3) is 0 Å². The van der Waals surface area contributed by atoms with E-state index in [4.69, 9.17) is 0 Å². The molecule has 1 heterocycles. The van der Waals surface area contributed by atoms with Gasteiger partial charge in [0.2, 0.25) is 10.0 Å². The highest BCUT2D eigenvalue weighted by Crippen LogP contribution is 2.26. The molecular weight excluding hydrogens is 248 g/mol. The number of anilines is 1. The lowest BCUT2D eigenvalue weighted by Gasteiger charge is -2.28. The molecule has 0 aliphatic carbocycles. The van der Waals surface area contributed by atoms with Gasteiger partial charge >= 0.3 is 0 Å². The third kappa shape index (κ3) is 2.67. The van der Waals surface area contributed by atoms with Crippen molar-refractivity contribution in [2.45, 2.75) is 20.3 Å². The zero-order chi connectivity index (χ0) is 13.2. The molecule has 4 nitrogen and oxygen atoms in total. The van der Waals surface area contributed by atoms with Gasteiger partial charge in [-0.3, -0.25) is 4.31 Å². The molecule has 1 aliphatic rings. The summed E-state index contributed by atoms with van der Waals surface area (Å²) in [5.41, 5.74) is 3.01. The summed E-state index contributed by atoms with van der Waals surface area (Å²) >= 11 is 0. The molecule has 1 fully saturated rings. The first kappa shape index (κ1) is 13.4. The minimum atomic E-state index is -3.20. The van der Waals surface area contributed by atoms with E-state index in [-0.39, 0.29) is 5.75 Å². The monoisotopic (exact) mass is 268 g/mol. The molecule has 0 spiro atoms. The predicted octanol–water partition coefficient (Wildman–Crippen LogP) is 1.43. The Hall–Kier alpha value is -1.07. The fourth-order valence-corrected chi connectivity index (χ4v) is 3.73. The van der Waals surface area contributed by atoms with E-state index in [1.165, 1.54) is 0 Å². The molecule has 0 atom stereocenters. The second-order valence-corrected chi connectivity index (χ2v) is 6.72. The van der Waals surface area contributed by atoms with Crippen molar-refractivity contribution in [2.24, 2.45) is 0 Å². The van der Waals surface area contributed by atoms with Crippen LogP contribution in [0.2, 0.25) is 0 Å². The first-order chi connectivity index (χ1) is 8.52. The van der Waals surface area contributed by atoms with Crippen LogP contribution < -0.4 is 9.62 Å². The molecule has 1 aromatic carbocycles. The van der Waals surface area contributed by atoms with E-state index in [9.17, 15) is 8.42 Å². The Balaban J connectivity index is 2.42. The quantitative estimate of drug-likeness (QED) is 0.838. The minimum Gasteiger partial charge on any atom is -0.316 e. The number of benzene rings is 1. The van der Waals surface area contributed by atoms with Gasteiger partial charge < -0.3 is 5.32 Å². The molecule has 0 amide bonds. The third-order valence-electron chi connectivity index (χ3n) is 3.43. The molecule has 1 saturated heterocycles. The van der Waals surface area contributed by atoms with E-state index >= 15 is 0 Å².